The first-order valence-electron chi connectivity index (χ1n) is 5.63. The Morgan fingerprint density at radius 3 is 2.50 bits per heavy atom. The molecule has 0 saturated carbocycles. The average Bonchev–Trinajstić information content (AvgIpc) is 2.77. The summed E-state index contributed by atoms with van der Waals surface area (Å²) >= 11 is 6.03. The maximum absolute atomic E-state index is 10.8. The highest BCUT2D eigenvalue weighted by molar-refractivity contribution is 6.29. The Bertz CT molecular complexity index is 670. The largest absolute Gasteiger partial charge is 0.459 e. The Balaban J connectivity index is 2.24. The summed E-state index contributed by atoms with van der Waals surface area (Å²) in [6.07, 6.45) is 0. The Morgan fingerprint density at radius 2 is 1.85 bits per heavy atom. The predicted octanol–water partition coefficient (Wildman–Crippen LogP) is 0.904. The van der Waals surface area contributed by atoms with Gasteiger partial charge in [0.05, 0.1) is 5.69 Å². The lowest BCUT2D eigenvalue weighted by molar-refractivity contribution is -0.143. The quantitative estimate of drug-likeness (QED) is 0.611. The minimum atomic E-state index is -0.432. The standard InChI is InChI=1S/C11H11ClN4O4/c1-6(17)19-4-8-3-9(12)16-11(13-8)14-10(15-16)5-20-7(2)18/h3H,4-5H2,1-2H3. The SMILES string of the molecule is CC(=O)OCc1cc(Cl)n2nc(COC(C)=O)nc2n1. The molecule has 0 aliphatic heterocycles. The van der Waals surface area contributed by atoms with Crippen molar-refractivity contribution in [2.75, 3.05) is 0 Å². The lowest BCUT2D eigenvalue weighted by Crippen LogP contribution is -2.03. The van der Waals surface area contributed by atoms with E-state index < -0.39 is 11.9 Å². The molecule has 0 spiro atoms. The molecule has 0 unspecified atom stereocenters. The highest BCUT2D eigenvalue weighted by atomic mass is 35.5. The van der Waals surface area contributed by atoms with Crippen LogP contribution in [0.25, 0.3) is 5.78 Å². The van der Waals surface area contributed by atoms with Crippen LogP contribution >= 0.6 is 11.6 Å². The zero-order chi connectivity index (χ0) is 14.7. The summed E-state index contributed by atoms with van der Waals surface area (Å²) in [7, 11) is 0. The normalized spacial score (nSPS) is 10.6. The molecule has 2 aromatic rings. The van der Waals surface area contributed by atoms with Gasteiger partial charge < -0.3 is 9.47 Å². The Morgan fingerprint density at radius 1 is 1.20 bits per heavy atom. The fraction of sp³-hybridized carbons (Fsp3) is 0.364. The minimum Gasteiger partial charge on any atom is -0.459 e. The molecule has 106 valence electrons. The fourth-order valence-electron chi connectivity index (χ4n) is 1.40. The van der Waals surface area contributed by atoms with E-state index in [-0.39, 0.29) is 30.0 Å². The number of esters is 2. The van der Waals surface area contributed by atoms with Crippen molar-refractivity contribution >= 4 is 29.3 Å². The van der Waals surface area contributed by atoms with Crippen LogP contribution in [0.15, 0.2) is 6.07 Å². The second kappa shape index (κ2) is 5.83. The number of aromatic nitrogens is 4. The molecule has 2 aromatic heterocycles. The van der Waals surface area contributed by atoms with Crippen LogP contribution < -0.4 is 0 Å². The van der Waals surface area contributed by atoms with Crippen molar-refractivity contribution in [3.63, 3.8) is 0 Å². The number of nitrogens with zero attached hydrogens (tertiary/aromatic N) is 4. The van der Waals surface area contributed by atoms with Crippen LogP contribution in [0, 0.1) is 0 Å². The molecule has 20 heavy (non-hydrogen) atoms. The predicted molar refractivity (Wildman–Crippen MR) is 66.7 cm³/mol. The van der Waals surface area contributed by atoms with Crippen LogP contribution in [0.4, 0.5) is 0 Å². The van der Waals surface area contributed by atoms with E-state index in [1.807, 2.05) is 0 Å². The van der Waals surface area contributed by atoms with Crippen LogP contribution in [0.3, 0.4) is 0 Å². The van der Waals surface area contributed by atoms with Crippen molar-refractivity contribution in [3.8, 4) is 0 Å². The first kappa shape index (κ1) is 14.2. The molecule has 0 aliphatic rings. The van der Waals surface area contributed by atoms with Gasteiger partial charge in [-0.25, -0.2) is 4.98 Å². The van der Waals surface area contributed by atoms with Crippen molar-refractivity contribution in [2.24, 2.45) is 0 Å². The van der Waals surface area contributed by atoms with Crippen molar-refractivity contribution in [1.29, 1.82) is 0 Å². The minimum absolute atomic E-state index is 0.00229. The van der Waals surface area contributed by atoms with E-state index in [2.05, 4.69) is 15.1 Å². The van der Waals surface area contributed by atoms with Gasteiger partial charge in [0.2, 0.25) is 0 Å². The molecule has 8 nitrogen and oxygen atoms in total. The van der Waals surface area contributed by atoms with Gasteiger partial charge in [-0.3, -0.25) is 9.59 Å². The molecule has 0 bridgehead atoms. The molecule has 0 aliphatic carbocycles. The van der Waals surface area contributed by atoms with Crippen LogP contribution in [0.1, 0.15) is 25.4 Å². The molecular weight excluding hydrogens is 288 g/mol. The maximum Gasteiger partial charge on any atom is 0.303 e. The molecule has 0 saturated heterocycles. The molecule has 0 N–H and O–H groups in total. The van der Waals surface area contributed by atoms with Crippen LogP contribution in [-0.2, 0) is 32.3 Å². The Labute approximate surface area is 118 Å². The van der Waals surface area contributed by atoms with E-state index >= 15 is 0 Å². The van der Waals surface area contributed by atoms with Gasteiger partial charge in [0.25, 0.3) is 5.78 Å². The molecule has 0 aromatic carbocycles. The highest BCUT2D eigenvalue weighted by Crippen LogP contribution is 2.13. The molecule has 0 amide bonds. The van der Waals surface area contributed by atoms with E-state index in [9.17, 15) is 9.59 Å². The Hall–Kier alpha value is -2.22. The van der Waals surface area contributed by atoms with Crippen molar-refractivity contribution < 1.29 is 19.1 Å². The third-order valence-corrected chi connectivity index (χ3v) is 2.46. The smallest absolute Gasteiger partial charge is 0.303 e. The summed E-state index contributed by atoms with van der Waals surface area (Å²) < 4.78 is 10.9. The van der Waals surface area contributed by atoms with Gasteiger partial charge in [-0.1, -0.05) is 11.6 Å². The number of hydrogen-bond acceptors (Lipinski definition) is 7. The second-order valence-electron chi connectivity index (χ2n) is 3.87. The maximum atomic E-state index is 10.8. The third-order valence-electron chi connectivity index (χ3n) is 2.19. The van der Waals surface area contributed by atoms with E-state index in [0.29, 0.717) is 5.69 Å². The number of carbonyl (C=O) groups excluding carboxylic acids is 2. The number of rotatable bonds is 4. The highest BCUT2D eigenvalue weighted by Gasteiger charge is 2.11. The fourth-order valence-corrected chi connectivity index (χ4v) is 1.64. The van der Waals surface area contributed by atoms with Crippen LogP contribution in [-0.4, -0.2) is 31.5 Å². The molecule has 2 rings (SSSR count). The summed E-state index contributed by atoms with van der Waals surface area (Å²) in [6, 6.07) is 1.52. The molecular formula is C11H11ClN4O4. The Kier molecular flexibility index (Phi) is 4.14. The van der Waals surface area contributed by atoms with E-state index in [1.54, 1.807) is 0 Å². The van der Waals surface area contributed by atoms with Gasteiger partial charge in [0.1, 0.15) is 11.8 Å². The summed E-state index contributed by atoms with van der Waals surface area (Å²) in [5.74, 6) is -0.334. The zero-order valence-electron chi connectivity index (χ0n) is 10.8. The van der Waals surface area contributed by atoms with E-state index in [4.69, 9.17) is 21.1 Å². The van der Waals surface area contributed by atoms with Crippen molar-refractivity contribution in [1.82, 2.24) is 19.6 Å². The molecule has 0 radical (unpaired) electrons. The van der Waals surface area contributed by atoms with E-state index in [0.717, 1.165) is 0 Å². The van der Waals surface area contributed by atoms with Gasteiger partial charge in [-0.2, -0.15) is 9.50 Å². The summed E-state index contributed by atoms with van der Waals surface area (Å²) in [5, 5.41) is 4.31. The molecule has 9 heteroatoms. The van der Waals surface area contributed by atoms with Crippen LogP contribution in [0.2, 0.25) is 5.15 Å². The summed E-state index contributed by atoms with van der Waals surface area (Å²) in [6.45, 7) is 2.53. The first-order chi connectivity index (χ1) is 9.45. The first-order valence-corrected chi connectivity index (χ1v) is 6.01. The zero-order valence-corrected chi connectivity index (χ0v) is 11.5. The topological polar surface area (TPSA) is 95.7 Å². The van der Waals surface area contributed by atoms with E-state index in [1.165, 1.54) is 24.4 Å². The van der Waals surface area contributed by atoms with Crippen molar-refractivity contribution in [3.05, 3.63) is 22.7 Å². The second-order valence-corrected chi connectivity index (χ2v) is 4.26. The number of halogens is 1. The van der Waals surface area contributed by atoms with Gasteiger partial charge >= 0.3 is 11.9 Å². The van der Waals surface area contributed by atoms with Crippen LogP contribution in [0.5, 0.6) is 0 Å². The van der Waals surface area contributed by atoms with Gasteiger partial charge in [-0.05, 0) is 0 Å². The average molecular weight is 299 g/mol. The van der Waals surface area contributed by atoms with Crippen molar-refractivity contribution in [2.45, 2.75) is 27.1 Å². The number of hydrogen-bond donors (Lipinski definition) is 0. The van der Waals surface area contributed by atoms with Gasteiger partial charge in [0, 0.05) is 19.9 Å². The molecule has 0 fully saturated rings. The third kappa shape index (κ3) is 3.41. The molecule has 0 atom stereocenters. The lowest BCUT2D eigenvalue weighted by Gasteiger charge is -2.02. The number of fused-ring (bicyclic) bond motifs is 1. The lowest BCUT2D eigenvalue weighted by atomic mass is 10.4. The van der Waals surface area contributed by atoms with Gasteiger partial charge in [0.15, 0.2) is 12.4 Å². The monoisotopic (exact) mass is 298 g/mol. The number of ether oxygens (including phenoxy) is 2. The summed E-state index contributed by atoms with van der Waals surface area (Å²) in [4.78, 5) is 29.7. The van der Waals surface area contributed by atoms with Gasteiger partial charge in [-0.15, -0.1) is 5.10 Å². The number of carbonyl (C=O) groups is 2. The summed E-state index contributed by atoms with van der Waals surface area (Å²) in [5.41, 5.74) is 0.448. The molecule has 2 heterocycles.